The molecule has 0 unspecified atom stereocenters. The van der Waals surface area contributed by atoms with Crippen LogP contribution in [0.5, 0.6) is 0 Å². The predicted molar refractivity (Wildman–Crippen MR) is 138 cm³/mol. The second-order valence-corrected chi connectivity index (χ2v) is 9.89. The number of carbonyl (C=O) groups is 2. The minimum Gasteiger partial charge on any atom is -0.354 e. The number of amides is 2. The highest BCUT2D eigenvalue weighted by atomic mass is 19.1. The van der Waals surface area contributed by atoms with Gasteiger partial charge in [-0.1, -0.05) is 60.7 Å². The van der Waals surface area contributed by atoms with Crippen LogP contribution in [0, 0.1) is 11.7 Å². The molecular formula is C30H32FN3O2. The van der Waals surface area contributed by atoms with Gasteiger partial charge in [-0.2, -0.15) is 0 Å². The lowest BCUT2D eigenvalue weighted by Gasteiger charge is -2.33. The standard InChI is InChI=1S/C30H32FN3O2/c31-26-12-10-24(11-13-26)20-33-16-14-23(15-17-33)19-32-29(35)28(18-22-6-2-1-3-7-22)34-21-25-8-4-5-9-27(25)30(34)36/h1-13,23,28H,14-21H2,(H,32,35)/t28-/m0/s1. The van der Waals surface area contributed by atoms with Gasteiger partial charge in [0.25, 0.3) is 5.91 Å². The Morgan fingerprint density at radius 1 is 0.917 bits per heavy atom. The van der Waals surface area contributed by atoms with Gasteiger partial charge in [-0.05, 0) is 66.7 Å². The number of halogens is 1. The number of hydrogen-bond donors (Lipinski definition) is 1. The molecule has 36 heavy (non-hydrogen) atoms. The third-order valence-electron chi connectivity index (χ3n) is 7.39. The largest absolute Gasteiger partial charge is 0.354 e. The number of fused-ring (bicyclic) bond motifs is 1. The van der Waals surface area contributed by atoms with E-state index in [0.29, 0.717) is 31.0 Å². The molecule has 3 aromatic carbocycles. The maximum absolute atomic E-state index is 13.5. The van der Waals surface area contributed by atoms with Crippen LogP contribution in [0.25, 0.3) is 0 Å². The van der Waals surface area contributed by atoms with Crippen LogP contribution in [0.2, 0.25) is 0 Å². The topological polar surface area (TPSA) is 52.7 Å². The number of benzene rings is 3. The van der Waals surface area contributed by atoms with Crippen LogP contribution in [0.15, 0.2) is 78.9 Å². The van der Waals surface area contributed by atoms with Crippen LogP contribution in [0.4, 0.5) is 4.39 Å². The summed E-state index contributed by atoms with van der Waals surface area (Å²) >= 11 is 0. The molecule has 0 spiro atoms. The lowest BCUT2D eigenvalue weighted by atomic mass is 9.96. The van der Waals surface area contributed by atoms with Crippen molar-refractivity contribution < 1.29 is 14.0 Å². The fraction of sp³-hybridized carbons (Fsp3) is 0.333. The molecule has 3 aromatic rings. The van der Waals surface area contributed by atoms with E-state index in [-0.39, 0.29) is 17.6 Å². The molecule has 0 aliphatic carbocycles. The molecule has 0 bridgehead atoms. The maximum atomic E-state index is 13.5. The zero-order valence-electron chi connectivity index (χ0n) is 20.4. The molecule has 5 nitrogen and oxygen atoms in total. The van der Waals surface area contributed by atoms with Gasteiger partial charge in [-0.25, -0.2) is 4.39 Å². The molecule has 2 amide bonds. The number of rotatable bonds is 8. The Hall–Kier alpha value is -3.51. The molecule has 2 aliphatic rings. The van der Waals surface area contributed by atoms with Crippen LogP contribution in [0.1, 0.15) is 39.9 Å². The fourth-order valence-corrected chi connectivity index (χ4v) is 5.27. The number of nitrogens with one attached hydrogen (secondary N) is 1. The van der Waals surface area contributed by atoms with E-state index in [1.165, 1.54) is 12.1 Å². The number of nitrogens with zero attached hydrogens (tertiary/aromatic N) is 2. The maximum Gasteiger partial charge on any atom is 0.255 e. The molecule has 6 heteroatoms. The van der Waals surface area contributed by atoms with Gasteiger partial charge in [0.05, 0.1) is 0 Å². The van der Waals surface area contributed by atoms with E-state index < -0.39 is 6.04 Å². The van der Waals surface area contributed by atoms with Crippen molar-refractivity contribution in [2.24, 2.45) is 5.92 Å². The Morgan fingerprint density at radius 3 is 2.33 bits per heavy atom. The summed E-state index contributed by atoms with van der Waals surface area (Å²) in [5, 5.41) is 3.17. The van der Waals surface area contributed by atoms with Crippen molar-refractivity contribution in [3.05, 3.63) is 107 Å². The molecule has 2 aliphatic heterocycles. The third-order valence-corrected chi connectivity index (χ3v) is 7.39. The summed E-state index contributed by atoms with van der Waals surface area (Å²) in [5.41, 5.74) is 3.82. The van der Waals surface area contributed by atoms with Gasteiger partial charge in [0.1, 0.15) is 11.9 Å². The van der Waals surface area contributed by atoms with Gasteiger partial charge < -0.3 is 10.2 Å². The fourth-order valence-electron chi connectivity index (χ4n) is 5.27. The van der Waals surface area contributed by atoms with Crippen molar-refractivity contribution in [3.63, 3.8) is 0 Å². The molecule has 1 fully saturated rings. The first-order valence-corrected chi connectivity index (χ1v) is 12.7. The van der Waals surface area contributed by atoms with Crippen molar-refractivity contribution >= 4 is 11.8 Å². The second-order valence-electron chi connectivity index (χ2n) is 9.89. The highest BCUT2D eigenvalue weighted by Gasteiger charge is 2.36. The average molecular weight is 486 g/mol. The van der Waals surface area contributed by atoms with Crippen LogP contribution in [-0.4, -0.2) is 47.3 Å². The first-order chi connectivity index (χ1) is 17.6. The molecule has 0 saturated carbocycles. The highest BCUT2D eigenvalue weighted by molar-refractivity contribution is 6.01. The summed E-state index contributed by atoms with van der Waals surface area (Å²) in [5.74, 6) is 0.0325. The lowest BCUT2D eigenvalue weighted by Crippen LogP contribution is -2.49. The quantitative estimate of drug-likeness (QED) is 0.514. The number of hydrogen-bond acceptors (Lipinski definition) is 3. The van der Waals surface area contributed by atoms with Gasteiger partial charge in [0.2, 0.25) is 5.91 Å². The second kappa shape index (κ2) is 11.0. The molecular weight excluding hydrogens is 453 g/mol. The zero-order chi connectivity index (χ0) is 24.9. The molecule has 5 rings (SSSR count). The minimum atomic E-state index is -0.550. The summed E-state index contributed by atoms with van der Waals surface area (Å²) in [6, 6.07) is 23.6. The molecule has 186 valence electrons. The SMILES string of the molecule is O=C(NCC1CCN(Cc2ccc(F)cc2)CC1)[C@H](Cc1ccccc1)N1Cc2ccccc2C1=O. The molecule has 1 atom stereocenters. The van der Waals surface area contributed by atoms with Gasteiger partial charge in [-0.15, -0.1) is 0 Å². The number of likely N-dealkylation sites (tertiary alicyclic amines) is 1. The van der Waals surface area contributed by atoms with Crippen molar-refractivity contribution in [2.75, 3.05) is 19.6 Å². The van der Waals surface area contributed by atoms with E-state index >= 15 is 0 Å². The third kappa shape index (κ3) is 5.65. The van der Waals surface area contributed by atoms with E-state index in [1.807, 2.05) is 66.7 Å². The van der Waals surface area contributed by atoms with E-state index in [1.54, 1.807) is 4.90 Å². The van der Waals surface area contributed by atoms with Gasteiger partial charge in [-0.3, -0.25) is 14.5 Å². The first kappa shape index (κ1) is 24.2. The minimum absolute atomic E-state index is 0.0733. The Morgan fingerprint density at radius 2 is 1.61 bits per heavy atom. The summed E-state index contributed by atoms with van der Waals surface area (Å²) in [6.07, 6.45) is 2.49. The zero-order valence-corrected chi connectivity index (χ0v) is 20.4. The Labute approximate surface area is 211 Å². The van der Waals surface area contributed by atoms with Crippen molar-refractivity contribution in [3.8, 4) is 0 Å². The van der Waals surface area contributed by atoms with E-state index in [0.717, 1.165) is 49.2 Å². The van der Waals surface area contributed by atoms with Gasteiger partial charge >= 0.3 is 0 Å². The lowest BCUT2D eigenvalue weighted by molar-refractivity contribution is -0.126. The first-order valence-electron chi connectivity index (χ1n) is 12.7. The average Bonchev–Trinajstić information content (AvgIpc) is 3.24. The Bertz CT molecular complexity index is 1190. The van der Waals surface area contributed by atoms with Crippen LogP contribution in [-0.2, 0) is 24.3 Å². The van der Waals surface area contributed by atoms with Crippen molar-refractivity contribution in [1.29, 1.82) is 0 Å². The molecule has 1 N–H and O–H groups in total. The highest BCUT2D eigenvalue weighted by Crippen LogP contribution is 2.26. The van der Waals surface area contributed by atoms with Gasteiger partial charge in [0, 0.05) is 31.6 Å². The normalized spacial score (nSPS) is 17.1. The predicted octanol–water partition coefficient (Wildman–Crippen LogP) is 4.42. The summed E-state index contributed by atoms with van der Waals surface area (Å²) in [7, 11) is 0. The van der Waals surface area contributed by atoms with Crippen LogP contribution < -0.4 is 5.32 Å². The van der Waals surface area contributed by atoms with E-state index in [2.05, 4.69) is 10.2 Å². The summed E-state index contributed by atoms with van der Waals surface area (Å²) < 4.78 is 13.2. The van der Waals surface area contributed by atoms with Crippen LogP contribution >= 0.6 is 0 Å². The smallest absolute Gasteiger partial charge is 0.255 e. The summed E-state index contributed by atoms with van der Waals surface area (Å²) in [6.45, 7) is 3.79. The van der Waals surface area contributed by atoms with Crippen molar-refractivity contribution in [2.45, 2.75) is 38.4 Å². The monoisotopic (exact) mass is 485 g/mol. The Kier molecular flexibility index (Phi) is 7.42. The molecule has 0 radical (unpaired) electrons. The van der Waals surface area contributed by atoms with Crippen molar-refractivity contribution in [1.82, 2.24) is 15.1 Å². The van der Waals surface area contributed by atoms with E-state index in [9.17, 15) is 14.0 Å². The number of piperidine rings is 1. The number of carbonyl (C=O) groups excluding carboxylic acids is 2. The summed E-state index contributed by atoms with van der Waals surface area (Å²) in [4.78, 5) is 30.7. The molecule has 1 saturated heterocycles. The van der Waals surface area contributed by atoms with Crippen LogP contribution in [0.3, 0.4) is 0 Å². The Balaban J connectivity index is 1.18. The van der Waals surface area contributed by atoms with E-state index in [4.69, 9.17) is 0 Å². The van der Waals surface area contributed by atoms with Gasteiger partial charge in [0.15, 0.2) is 0 Å². The molecule has 2 heterocycles. The molecule has 0 aromatic heterocycles.